The van der Waals surface area contributed by atoms with Crippen LogP contribution in [0.2, 0.25) is 0 Å². The molecule has 1 unspecified atom stereocenters. The van der Waals surface area contributed by atoms with Gasteiger partial charge in [0.25, 0.3) is 5.91 Å². The maximum Gasteiger partial charge on any atom is 0.326 e. The Bertz CT molecular complexity index is 1120. The first-order valence-electron chi connectivity index (χ1n) is 11.8. The normalized spacial score (nSPS) is 11.7. The van der Waals surface area contributed by atoms with Crippen molar-refractivity contribution in [3.8, 4) is 11.1 Å². The van der Waals surface area contributed by atoms with Crippen LogP contribution >= 0.6 is 11.8 Å². The van der Waals surface area contributed by atoms with Crippen LogP contribution < -0.4 is 5.32 Å². The second kappa shape index (κ2) is 13.7. The monoisotopic (exact) mass is 491 g/mol. The van der Waals surface area contributed by atoms with Crippen LogP contribution in [0.15, 0.2) is 72.8 Å². The first kappa shape index (κ1) is 26.5. The molecule has 184 valence electrons. The summed E-state index contributed by atoms with van der Waals surface area (Å²) in [6.45, 7) is 3.09. The molecule has 3 aromatic carbocycles. The van der Waals surface area contributed by atoms with Crippen molar-refractivity contribution in [2.45, 2.75) is 38.8 Å². The fraction of sp³-hybridized carbons (Fsp3) is 0.310. The minimum Gasteiger partial charge on any atom is -0.480 e. The standard InChI is InChI=1S/C29H33NO4S/c1-21-9-6-7-13-24(21)26-19-23(20-34-17-8-12-22-10-4-3-5-11-22)14-15-25(26)28(31)30-27(29(32)33)16-18-35-2/h3-7,9-11,13-15,19,27H,8,12,16-18,20H2,1-2H3,(H,30,31)(H,32,33). The maximum atomic E-state index is 13.2. The summed E-state index contributed by atoms with van der Waals surface area (Å²) >= 11 is 1.56. The second-order valence-electron chi connectivity index (χ2n) is 8.48. The molecule has 0 spiro atoms. The summed E-state index contributed by atoms with van der Waals surface area (Å²) in [6, 6.07) is 22.9. The molecule has 35 heavy (non-hydrogen) atoms. The van der Waals surface area contributed by atoms with E-state index >= 15 is 0 Å². The van der Waals surface area contributed by atoms with Crippen LogP contribution in [-0.4, -0.2) is 41.6 Å². The van der Waals surface area contributed by atoms with Gasteiger partial charge in [0.15, 0.2) is 0 Å². The van der Waals surface area contributed by atoms with Gasteiger partial charge in [0.2, 0.25) is 0 Å². The van der Waals surface area contributed by atoms with Gasteiger partial charge in [0.05, 0.1) is 6.61 Å². The lowest BCUT2D eigenvalue weighted by Gasteiger charge is -2.17. The summed E-state index contributed by atoms with van der Waals surface area (Å²) in [5.74, 6) is -0.750. The van der Waals surface area contributed by atoms with Gasteiger partial charge in [0, 0.05) is 12.2 Å². The van der Waals surface area contributed by atoms with Gasteiger partial charge in [-0.25, -0.2) is 4.79 Å². The molecule has 0 aliphatic rings. The van der Waals surface area contributed by atoms with E-state index in [9.17, 15) is 14.7 Å². The number of benzene rings is 3. The largest absolute Gasteiger partial charge is 0.480 e. The quantitative estimate of drug-likeness (QED) is 0.298. The predicted octanol–water partition coefficient (Wildman–Crippen LogP) is 5.75. The molecule has 0 aliphatic heterocycles. The zero-order valence-electron chi connectivity index (χ0n) is 20.3. The lowest BCUT2D eigenvalue weighted by Crippen LogP contribution is -2.41. The fourth-order valence-electron chi connectivity index (χ4n) is 3.92. The van der Waals surface area contributed by atoms with Crippen molar-refractivity contribution in [3.63, 3.8) is 0 Å². The first-order chi connectivity index (χ1) is 17.0. The van der Waals surface area contributed by atoms with Gasteiger partial charge in [-0.1, -0.05) is 60.7 Å². The summed E-state index contributed by atoms with van der Waals surface area (Å²) in [4.78, 5) is 24.8. The summed E-state index contributed by atoms with van der Waals surface area (Å²) in [6.07, 6.45) is 4.19. The number of carboxylic acids is 1. The van der Waals surface area contributed by atoms with E-state index in [0.29, 0.717) is 31.0 Å². The Kier molecular flexibility index (Phi) is 10.4. The van der Waals surface area contributed by atoms with E-state index in [1.54, 1.807) is 17.8 Å². The highest BCUT2D eigenvalue weighted by Crippen LogP contribution is 2.28. The molecular weight excluding hydrogens is 458 g/mol. The average molecular weight is 492 g/mol. The number of hydrogen-bond acceptors (Lipinski definition) is 4. The molecule has 0 radical (unpaired) electrons. The molecule has 0 aliphatic carbocycles. The number of rotatable bonds is 13. The molecule has 0 saturated carbocycles. The van der Waals surface area contributed by atoms with E-state index in [2.05, 4.69) is 17.4 Å². The van der Waals surface area contributed by atoms with E-state index in [1.165, 1.54) is 5.56 Å². The van der Waals surface area contributed by atoms with Crippen molar-refractivity contribution in [1.29, 1.82) is 0 Å². The topological polar surface area (TPSA) is 75.6 Å². The van der Waals surface area contributed by atoms with Crippen molar-refractivity contribution in [3.05, 3.63) is 95.1 Å². The number of carboxylic acid groups (broad SMARTS) is 1. The molecule has 3 aromatic rings. The van der Waals surface area contributed by atoms with Gasteiger partial charge in [-0.3, -0.25) is 4.79 Å². The molecule has 6 heteroatoms. The average Bonchev–Trinajstić information content (AvgIpc) is 2.87. The van der Waals surface area contributed by atoms with Gasteiger partial charge in [-0.15, -0.1) is 0 Å². The number of carbonyl (C=O) groups excluding carboxylic acids is 1. The van der Waals surface area contributed by atoms with Gasteiger partial charge >= 0.3 is 5.97 Å². The molecule has 5 nitrogen and oxygen atoms in total. The molecule has 1 atom stereocenters. The van der Waals surface area contributed by atoms with Crippen LogP contribution in [0.25, 0.3) is 11.1 Å². The van der Waals surface area contributed by atoms with E-state index in [1.807, 2.05) is 67.8 Å². The second-order valence-corrected chi connectivity index (χ2v) is 9.47. The van der Waals surface area contributed by atoms with E-state index in [4.69, 9.17) is 4.74 Å². The molecule has 2 N–H and O–H groups in total. The summed E-state index contributed by atoms with van der Waals surface area (Å²) in [5, 5.41) is 12.3. The number of hydrogen-bond donors (Lipinski definition) is 2. The van der Waals surface area contributed by atoms with E-state index in [0.717, 1.165) is 35.1 Å². The highest BCUT2D eigenvalue weighted by molar-refractivity contribution is 7.98. The zero-order chi connectivity index (χ0) is 25.0. The van der Waals surface area contributed by atoms with Crippen LogP contribution in [0.1, 0.15) is 39.9 Å². The minimum atomic E-state index is -1.02. The van der Waals surface area contributed by atoms with Crippen molar-refractivity contribution >= 4 is 23.6 Å². The predicted molar refractivity (Wildman–Crippen MR) is 143 cm³/mol. The van der Waals surface area contributed by atoms with Crippen molar-refractivity contribution in [2.24, 2.45) is 0 Å². The third kappa shape index (κ3) is 7.98. The fourth-order valence-corrected chi connectivity index (χ4v) is 4.39. The van der Waals surface area contributed by atoms with Crippen LogP contribution in [0, 0.1) is 6.92 Å². The lowest BCUT2D eigenvalue weighted by atomic mass is 9.93. The zero-order valence-corrected chi connectivity index (χ0v) is 21.1. The number of thioether (sulfide) groups is 1. The molecule has 0 fully saturated rings. The summed E-state index contributed by atoms with van der Waals surface area (Å²) in [5.41, 5.74) is 5.49. The van der Waals surface area contributed by atoms with E-state index < -0.39 is 12.0 Å². The number of aliphatic carboxylic acids is 1. The molecule has 0 heterocycles. The Morgan fingerprint density at radius 3 is 2.43 bits per heavy atom. The first-order valence-corrected chi connectivity index (χ1v) is 13.2. The Hall–Kier alpha value is -3.09. The molecule has 3 rings (SSSR count). The van der Waals surface area contributed by atoms with Crippen LogP contribution in [-0.2, 0) is 22.6 Å². The van der Waals surface area contributed by atoms with Crippen LogP contribution in [0.4, 0.5) is 0 Å². The SMILES string of the molecule is CSCCC(NC(=O)c1ccc(COCCCc2ccccc2)cc1-c1ccccc1C)C(=O)O. The molecular formula is C29H33NO4S. The smallest absolute Gasteiger partial charge is 0.326 e. The number of aryl methyl sites for hydroxylation is 2. The van der Waals surface area contributed by atoms with Crippen LogP contribution in [0.3, 0.4) is 0 Å². The Labute approximate surface area is 211 Å². The minimum absolute atomic E-state index is 0.372. The maximum absolute atomic E-state index is 13.2. The number of amides is 1. The van der Waals surface area contributed by atoms with Crippen LogP contribution in [0.5, 0.6) is 0 Å². The Morgan fingerprint density at radius 1 is 0.971 bits per heavy atom. The van der Waals surface area contributed by atoms with Gasteiger partial charge in [-0.05, 0) is 78.1 Å². The van der Waals surface area contributed by atoms with E-state index in [-0.39, 0.29) is 5.91 Å². The van der Waals surface area contributed by atoms with Gasteiger partial charge < -0.3 is 15.2 Å². The van der Waals surface area contributed by atoms with Crippen molar-refractivity contribution < 1.29 is 19.4 Å². The lowest BCUT2D eigenvalue weighted by molar-refractivity contribution is -0.139. The third-order valence-electron chi connectivity index (χ3n) is 5.84. The van der Waals surface area contributed by atoms with Gasteiger partial charge in [-0.2, -0.15) is 11.8 Å². The number of ether oxygens (including phenoxy) is 1. The summed E-state index contributed by atoms with van der Waals surface area (Å²) < 4.78 is 5.92. The number of carbonyl (C=O) groups is 2. The number of nitrogens with one attached hydrogen (secondary N) is 1. The van der Waals surface area contributed by atoms with Gasteiger partial charge in [0.1, 0.15) is 6.04 Å². The Morgan fingerprint density at radius 2 is 1.71 bits per heavy atom. The van der Waals surface area contributed by atoms with Crippen molar-refractivity contribution in [2.75, 3.05) is 18.6 Å². The Balaban J connectivity index is 1.74. The highest BCUT2D eigenvalue weighted by Gasteiger charge is 2.22. The molecule has 1 amide bonds. The molecule has 0 saturated heterocycles. The molecule has 0 bridgehead atoms. The summed E-state index contributed by atoms with van der Waals surface area (Å²) in [7, 11) is 0. The highest BCUT2D eigenvalue weighted by atomic mass is 32.2. The van der Waals surface area contributed by atoms with Crippen molar-refractivity contribution in [1.82, 2.24) is 5.32 Å². The third-order valence-corrected chi connectivity index (χ3v) is 6.49. The molecule has 0 aromatic heterocycles.